The summed E-state index contributed by atoms with van der Waals surface area (Å²) in [6, 6.07) is 5.67. The van der Waals surface area contributed by atoms with Gasteiger partial charge in [0.2, 0.25) is 0 Å². The van der Waals surface area contributed by atoms with E-state index in [1.165, 1.54) is 14.2 Å². The van der Waals surface area contributed by atoms with E-state index < -0.39 is 16.5 Å². The average molecular weight is 304 g/mol. The highest BCUT2D eigenvalue weighted by Crippen LogP contribution is 2.35. The molecular formula is C13H12N4O5. The molecular weight excluding hydrogens is 292 g/mol. The topological polar surface area (TPSA) is 129 Å². The number of nitro groups is 1. The highest BCUT2D eigenvalue weighted by atomic mass is 16.6. The van der Waals surface area contributed by atoms with Crippen LogP contribution < -0.4 is 9.47 Å². The molecule has 0 heterocycles. The van der Waals surface area contributed by atoms with Gasteiger partial charge in [0.05, 0.1) is 37.3 Å². The van der Waals surface area contributed by atoms with E-state index in [9.17, 15) is 14.9 Å². The Bertz CT molecular complexity index is 658. The van der Waals surface area contributed by atoms with E-state index in [2.05, 4.69) is 0 Å². The van der Waals surface area contributed by atoms with Crippen molar-refractivity contribution >= 4 is 11.6 Å². The maximum atomic E-state index is 12.3. The van der Waals surface area contributed by atoms with Gasteiger partial charge in [-0.15, -0.1) is 0 Å². The molecule has 0 aliphatic rings. The van der Waals surface area contributed by atoms with Gasteiger partial charge in [0.1, 0.15) is 18.7 Å². The largest absolute Gasteiger partial charge is 0.493 e. The number of carbonyl (C=O) groups excluding carboxylic acids is 1. The van der Waals surface area contributed by atoms with Gasteiger partial charge in [0.25, 0.3) is 11.6 Å². The summed E-state index contributed by atoms with van der Waals surface area (Å²) in [5.41, 5.74) is -0.781. The van der Waals surface area contributed by atoms with Crippen molar-refractivity contribution in [3.05, 3.63) is 27.8 Å². The van der Waals surface area contributed by atoms with Crippen molar-refractivity contribution in [3.8, 4) is 23.6 Å². The van der Waals surface area contributed by atoms with Crippen molar-refractivity contribution in [2.75, 3.05) is 27.3 Å². The van der Waals surface area contributed by atoms with E-state index in [1.54, 1.807) is 12.1 Å². The lowest BCUT2D eigenvalue weighted by molar-refractivity contribution is -0.385. The summed E-state index contributed by atoms with van der Waals surface area (Å²) in [5.74, 6) is -0.584. The number of nitro benzene ring substituents is 1. The lowest BCUT2D eigenvalue weighted by Crippen LogP contribution is -2.32. The molecule has 0 fully saturated rings. The van der Waals surface area contributed by atoms with Crippen LogP contribution in [0.1, 0.15) is 10.4 Å². The number of rotatable bonds is 6. The molecule has 22 heavy (non-hydrogen) atoms. The van der Waals surface area contributed by atoms with Crippen LogP contribution in [0.25, 0.3) is 0 Å². The van der Waals surface area contributed by atoms with Gasteiger partial charge >= 0.3 is 0 Å². The van der Waals surface area contributed by atoms with Crippen LogP contribution in [0, 0.1) is 32.8 Å². The summed E-state index contributed by atoms with van der Waals surface area (Å²) in [6.45, 7) is -0.726. The van der Waals surface area contributed by atoms with Crippen molar-refractivity contribution in [1.29, 1.82) is 10.5 Å². The minimum Gasteiger partial charge on any atom is -0.493 e. The molecule has 1 aromatic rings. The molecule has 0 saturated carbocycles. The Morgan fingerprint density at radius 3 is 2.14 bits per heavy atom. The van der Waals surface area contributed by atoms with E-state index in [0.717, 1.165) is 17.0 Å². The average Bonchev–Trinajstić information content (AvgIpc) is 2.52. The van der Waals surface area contributed by atoms with Crippen LogP contribution >= 0.6 is 0 Å². The first-order valence-electron chi connectivity index (χ1n) is 5.93. The van der Waals surface area contributed by atoms with Crippen LogP contribution in [0.15, 0.2) is 12.1 Å². The highest BCUT2D eigenvalue weighted by molar-refractivity contribution is 5.99. The molecule has 0 radical (unpaired) electrons. The van der Waals surface area contributed by atoms with E-state index in [0.29, 0.717) is 0 Å². The molecule has 0 saturated heterocycles. The summed E-state index contributed by atoms with van der Waals surface area (Å²) >= 11 is 0. The van der Waals surface area contributed by atoms with E-state index in [-0.39, 0.29) is 30.2 Å². The molecule has 9 nitrogen and oxygen atoms in total. The molecule has 0 bridgehead atoms. The van der Waals surface area contributed by atoms with Gasteiger partial charge in [-0.3, -0.25) is 14.9 Å². The van der Waals surface area contributed by atoms with Gasteiger partial charge in [-0.25, -0.2) is 0 Å². The van der Waals surface area contributed by atoms with Crippen molar-refractivity contribution in [1.82, 2.24) is 4.90 Å². The number of nitrogens with zero attached hydrogens (tertiary/aromatic N) is 4. The van der Waals surface area contributed by atoms with Crippen LogP contribution in [-0.2, 0) is 0 Å². The Kier molecular flexibility index (Phi) is 5.66. The molecule has 0 aliphatic carbocycles. The molecule has 114 valence electrons. The highest BCUT2D eigenvalue weighted by Gasteiger charge is 2.27. The van der Waals surface area contributed by atoms with Gasteiger partial charge in [0.15, 0.2) is 11.5 Å². The van der Waals surface area contributed by atoms with Crippen LogP contribution in [0.5, 0.6) is 11.5 Å². The number of hydrogen-bond acceptors (Lipinski definition) is 7. The van der Waals surface area contributed by atoms with Crippen LogP contribution in [0.2, 0.25) is 0 Å². The first-order valence-corrected chi connectivity index (χ1v) is 5.93. The summed E-state index contributed by atoms with van der Waals surface area (Å²) in [5, 5.41) is 28.5. The fourth-order valence-corrected chi connectivity index (χ4v) is 1.73. The number of ether oxygens (including phenoxy) is 2. The lowest BCUT2D eigenvalue weighted by Gasteiger charge is -2.17. The van der Waals surface area contributed by atoms with Gasteiger partial charge in [-0.1, -0.05) is 0 Å². The summed E-state index contributed by atoms with van der Waals surface area (Å²) in [6.07, 6.45) is 0. The quantitative estimate of drug-likeness (QED) is 0.437. The maximum absolute atomic E-state index is 12.3. The van der Waals surface area contributed by atoms with Crippen molar-refractivity contribution in [2.24, 2.45) is 0 Å². The second kappa shape index (κ2) is 7.45. The number of hydrogen-bond donors (Lipinski definition) is 0. The van der Waals surface area contributed by atoms with Gasteiger partial charge in [-0.2, -0.15) is 10.5 Å². The second-order valence-electron chi connectivity index (χ2n) is 3.96. The molecule has 0 aliphatic heterocycles. The fraction of sp³-hybridized carbons (Fsp3) is 0.308. The molecule has 1 rings (SSSR count). The molecule has 0 atom stereocenters. The van der Waals surface area contributed by atoms with Crippen LogP contribution in [-0.4, -0.2) is 43.0 Å². The third-order valence-corrected chi connectivity index (χ3v) is 2.74. The minimum absolute atomic E-state index is 0.0952. The zero-order valence-corrected chi connectivity index (χ0v) is 11.9. The van der Waals surface area contributed by atoms with Gasteiger partial charge in [0, 0.05) is 6.07 Å². The van der Waals surface area contributed by atoms with Crippen molar-refractivity contribution in [3.63, 3.8) is 0 Å². The summed E-state index contributed by atoms with van der Waals surface area (Å²) < 4.78 is 9.97. The summed E-state index contributed by atoms with van der Waals surface area (Å²) in [4.78, 5) is 23.6. The number of amides is 1. The molecule has 1 amide bonds. The Hall–Kier alpha value is -3.33. The van der Waals surface area contributed by atoms with Gasteiger partial charge < -0.3 is 14.4 Å². The minimum atomic E-state index is -0.809. The molecule has 1 aromatic carbocycles. The van der Waals surface area contributed by atoms with E-state index in [1.807, 2.05) is 0 Å². The van der Waals surface area contributed by atoms with Crippen molar-refractivity contribution < 1.29 is 19.2 Å². The monoisotopic (exact) mass is 304 g/mol. The number of methoxy groups -OCH3 is 2. The van der Waals surface area contributed by atoms with E-state index in [4.69, 9.17) is 20.0 Å². The Labute approximate surface area is 126 Å². The molecule has 9 heteroatoms. The summed E-state index contributed by atoms with van der Waals surface area (Å²) in [7, 11) is 2.63. The number of nitriles is 2. The molecule has 0 N–H and O–H groups in total. The number of benzene rings is 1. The standard InChI is InChI=1S/C13H12N4O5/c1-21-11-7-9(10(17(19)20)8-12(11)22-2)13(18)16(5-3-14)6-4-15/h7-8H,5-6H2,1-2H3. The fourth-order valence-electron chi connectivity index (χ4n) is 1.73. The predicted molar refractivity (Wildman–Crippen MR) is 73.3 cm³/mol. The Morgan fingerprint density at radius 1 is 1.23 bits per heavy atom. The predicted octanol–water partition coefficient (Wildman–Crippen LogP) is 1.10. The zero-order chi connectivity index (χ0) is 16.7. The third-order valence-electron chi connectivity index (χ3n) is 2.74. The lowest BCUT2D eigenvalue weighted by atomic mass is 10.1. The van der Waals surface area contributed by atoms with Crippen LogP contribution in [0.4, 0.5) is 5.69 Å². The van der Waals surface area contributed by atoms with Crippen molar-refractivity contribution in [2.45, 2.75) is 0 Å². The normalized spacial score (nSPS) is 9.27. The first kappa shape index (κ1) is 16.7. The smallest absolute Gasteiger partial charge is 0.286 e. The molecule has 0 spiro atoms. The Morgan fingerprint density at radius 2 is 1.73 bits per heavy atom. The zero-order valence-electron chi connectivity index (χ0n) is 11.9. The van der Waals surface area contributed by atoms with Gasteiger partial charge in [-0.05, 0) is 0 Å². The number of carbonyl (C=O) groups is 1. The molecule has 0 aromatic heterocycles. The Balaban J connectivity index is 3.43. The maximum Gasteiger partial charge on any atom is 0.286 e. The molecule has 0 unspecified atom stereocenters. The van der Waals surface area contributed by atoms with E-state index >= 15 is 0 Å². The third kappa shape index (κ3) is 3.41. The first-order chi connectivity index (χ1) is 10.5. The SMILES string of the molecule is COc1cc(C(=O)N(CC#N)CC#N)c([N+](=O)[O-])cc1OC. The second-order valence-corrected chi connectivity index (χ2v) is 3.96. The van der Waals surface area contributed by atoms with Crippen LogP contribution in [0.3, 0.4) is 0 Å².